The van der Waals surface area contributed by atoms with E-state index in [4.69, 9.17) is 0 Å². The molecule has 25 heavy (non-hydrogen) atoms. The van der Waals surface area contributed by atoms with E-state index in [1.807, 2.05) is 0 Å². The van der Waals surface area contributed by atoms with Gasteiger partial charge in [0.25, 0.3) is 5.91 Å². The maximum absolute atomic E-state index is 13.4. The fourth-order valence-electron chi connectivity index (χ4n) is 2.47. The molecule has 0 aliphatic heterocycles. The zero-order valence-corrected chi connectivity index (χ0v) is 12.7. The standard InChI is InChI=1S/C17H11F2N5O/c18-12-6-11-14(7-13(12)19)20-9-15(11)23-17(25)10-2-3-16(21-8-10)24-5-1-4-22-24/h1-9,20H,(H,23,25). The van der Waals surface area contributed by atoms with Crippen LogP contribution in [0.2, 0.25) is 0 Å². The van der Waals surface area contributed by atoms with Crippen LogP contribution < -0.4 is 5.32 Å². The Hall–Kier alpha value is -3.55. The van der Waals surface area contributed by atoms with Crippen molar-refractivity contribution < 1.29 is 13.6 Å². The minimum atomic E-state index is -0.979. The second-order valence-electron chi connectivity index (χ2n) is 5.32. The molecule has 4 aromatic rings. The number of carbonyl (C=O) groups is 1. The Balaban J connectivity index is 1.59. The molecule has 0 radical (unpaired) electrons. The molecule has 0 bridgehead atoms. The Morgan fingerprint density at radius 1 is 1.20 bits per heavy atom. The Morgan fingerprint density at radius 2 is 2.04 bits per heavy atom. The summed E-state index contributed by atoms with van der Waals surface area (Å²) in [6.45, 7) is 0. The lowest BCUT2D eigenvalue weighted by atomic mass is 10.2. The first-order valence-corrected chi connectivity index (χ1v) is 7.35. The molecule has 1 amide bonds. The Morgan fingerprint density at radius 3 is 2.76 bits per heavy atom. The average molecular weight is 339 g/mol. The molecule has 0 saturated heterocycles. The number of rotatable bonds is 3. The van der Waals surface area contributed by atoms with Gasteiger partial charge >= 0.3 is 0 Å². The van der Waals surface area contributed by atoms with Crippen LogP contribution in [0.1, 0.15) is 10.4 Å². The summed E-state index contributed by atoms with van der Waals surface area (Å²) in [6.07, 6.45) is 6.26. The predicted octanol–water partition coefficient (Wildman–Crippen LogP) is 3.28. The number of hydrogen-bond donors (Lipinski definition) is 2. The van der Waals surface area contributed by atoms with Crippen LogP contribution in [0.25, 0.3) is 16.7 Å². The van der Waals surface area contributed by atoms with Gasteiger partial charge in [-0.1, -0.05) is 0 Å². The molecule has 4 rings (SSSR count). The summed E-state index contributed by atoms with van der Waals surface area (Å²) in [6, 6.07) is 7.11. The quantitative estimate of drug-likeness (QED) is 0.601. The highest BCUT2D eigenvalue weighted by Gasteiger charge is 2.13. The number of fused-ring (bicyclic) bond motifs is 1. The van der Waals surface area contributed by atoms with Crippen LogP contribution in [0.3, 0.4) is 0 Å². The van der Waals surface area contributed by atoms with E-state index < -0.39 is 17.5 Å². The van der Waals surface area contributed by atoms with Crippen LogP contribution >= 0.6 is 0 Å². The number of halogens is 2. The maximum atomic E-state index is 13.4. The van der Waals surface area contributed by atoms with Crippen molar-refractivity contribution in [1.82, 2.24) is 19.7 Å². The number of nitrogens with one attached hydrogen (secondary N) is 2. The summed E-state index contributed by atoms with van der Waals surface area (Å²) >= 11 is 0. The number of anilines is 1. The molecule has 2 N–H and O–H groups in total. The molecule has 0 spiro atoms. The molecule has 0 fully saturated rings. The molecule has 1 aromatic carbocycles. The zero-order valence-electron chi connectivity index (χ0n) is 12.7. The lowest BCUT2D eigenvalue weighted by Gasteiger charge is -2.05. The van der Waals surface area contributed by atoms with Crippen molar-refractivity contribution in [2.45, 2.75) is 0 Å². The predicted molar refractivity (Wildman–Crippen MR) is 87.5 cm³/mol. The summed E-state index contributed by atoms with van der Waals surface area (Å²) in [5.41, 5.74) is 1.07. The monoisotopic (exact) mass is 339 g/mol. The number of hydrogen-bond acceptors (Lipinski definition) is 3. The topological polar surface area (TPSA) is 75.6 Å². The van der Waals surface area contributed by atoms with Crippen molar-refractivity contribution >= 4 is 22.5 Å². The fourth-order valence-corrected chi connectivity index (χ4v) is 2.47. The molecular weight excluding hydrogens is 328 g/mol. The normalized spacial score (nSPS) is 11.0. The van der Waals surface area contributed by atoms with Gasteiger partial charge in [-0.05, 0) is 24.3 Å². The van der Waals surface area contributed by atoms with E-state index in [0.29, 0.717) is 28.0 Å². The second kappa shape index (κ2) is 5.82. The number of nitrogens with zero attached hydrogens (tertiary/aromatic N) is 3. The van der Waals surface area contributed by atoms with Gasteiger partial charge in [0.05, 0.1) is 16.8 Å². The number of H-pyrrole nitrogens is 1. The first kappa shape index (κ1) is 15.0. The molecule has 0 aliphatic rings. The smallest absolute Gasteiger partial charge is 0.257 e. The van der Waals surface area contributed by atoms with Gasteiger partial charge in [-0.25, -0.2) is 18.4 Å². The SMILES string of the molecule is O=C(Nc1c[nH]c2cc(F)c(F)cc12)c1ccc(-n2cccn2)nc1. The molecule has 0 aliphatic carbocycles. The summed E-state index contributed by atoms with van der Waals surface area (Å²) < 4.78 is 28.2. The highest BCUT2D eigenvalue weighted by atomic mass is 19.2. The minimum absolute atomic E-state index is 0.327. The van der Waals surface area contributed by atoms with E-state index in [-0.39, 0.29) is 0 Å². The number of aromatic amines is 1. The van der Waals surface area contributed by atoms with E-state index in [1.165, 1.54) is 12.4 Å². The largest absolute Gasteiger partial charge is 0.359 e. The van der Waals surface area contributed by atoms with Gasteiger partial charge < -0.3 is 10.3 Å². The van der Waals surface area contributed by atoms with Crippen molar-refractivity contribution in [1.29, 1.82) is 0 Å². The van der Waals surface area contributed by atoms with Gasteiger partial charge in [-0.2, -0.15) is 5.10 Å². The number of amides is 1. The van der Waals surface area contributed by atoms with Crippen LogP contribution in [0.5, 0.6) is 0 Å². The Bertz CT molecular complexity index is 1050. The number of aromatic nitrogens is 4. The molecule has 6 nitrogen and oxygen atoms in total. The third-order valence-corrected chi connectivity index (χ3v) is 3.72. The summed E-state index contributed by atoms with van der Waals surface area (Å²) in [5, 5.41) is 7.10. The van der Waals surface area contributed by atoms with Crippen molar-refractivity contribution in [3.63, 3.8) is 0 Å². The molecule has 8 heteroatoms. The second-order valence-corrected chi connectivity index (χ2v) is 5.32. The van der Waals surface area contributed by atoms with Crippen LogP contribution in [0.4, 0.5) is 14.5 Å². The summed E-state index contributed by atoms with van der Waals surface area (Å²) in [4.78, 5) is 19.3. The molecule has 3 heterocycles. The summed E-state index contributed by atoms with van der Waals surface area (Å²) in [7, 11) is 0. The van der Waals surface area contributed by atoms with Crippen LogP contribution in [-0.4, -0.2) is 25.7 Å². The Labute approximate surface area is 140 Å². The van der Waals surface area contributed by atoms with Crippen LogP contribution in [-0.2, 0) is 0 Å². The average Bonchev–Trinajstić information content (AvgIpc) is 3.27. The lowest BCUT2D eigenvalue weighted by Crippen LogP contribution is -2.12. The highest BCUT2D eigenvalue weighted by Crippen LogP contribution is 2.26. The maximum Gasteiger partial charge on any atom is 0.257 e. The number of carbonyl (C=O) groups excluding carboxylic acids is 1. The van der Waals surface area contributed by atoms with E-state index >= 15 is 0 Å². The third kappa shape index (κ3) is 2.74. The first-order chi connectivity index (χ1) is 12.1. The number of benzene rings is 1. The van der Waals surface area contributed by atoms with Gasteiger partial charge in [-0.15, -0.1) is 0 Å². The molecule has 0 unspecified atom stereocenters. The van der Waals surface area contributed by atoms with Gasteiger partial charge in [0.1, 0.15) is 0 Å². The molecule has 0 atom stereocenters. The van der Waals surface area contributed by atoms with Crippen LogP contribution in [0, 0.1) is 11.6 Å². The van der Waals surface area contributed by atoms with E-state index in [2.05, 4.69) is 20.4 Å². The van der Waals surface area contributed by atoms with Crippen molar-refractivity contribution in [3.05, 3.63) is 72.3 Å². The molecule has 124 valence electrons. The highest BCUT2D eigenvalue weighted by molar-refractivity contribution is 6.08. The van der Waals surface area contributed by atoms with E-state index in [1.54, 1.807) is 35.3 Å². The van der Waals surface area contributed by atoms with Crippen molar-refractivity contribution in [2.75, 3.05) is 5.32 Å². The van der Waals surface area contributed by atoms with Gasteiger partial charge in [0.2, 0.25) is 0 Å². The van der Waals surface area contributed by atoms with Gasteiger partial charge in [0, 0.05) is 36.2 Å². The Kier molecular flexibility index (Phi) is 3.50. The van der Waals surface area contributed by atoms with E-state index in [0.717, 1.165) is 12.1 Å². The fraction of sp³-hybridized carbons (Fsp3) is 0. The van der Waals surface area contributed by atoms with Gasteiger partial charge in [0.15, 0.2) is 17.5 Å². The molecule has 3 aromatic heterocycles. The van der Waals surface area contributed by atoms with E-state index in [9.17, 15) is 13.6 Å². The minimum Gasteiger partial charge on any atom is -0.359 e. The van der Waals surface area contributed by atoms with Crippen LogP contribution in [0.15, 0.2) is 55.1 Å². The van der Waals surface area contributed by atoms with Crippen molar-refractivity contribution in [2.24, 2.45) is 0 Å². The summed E-state index contributed by atoms with van der Waals surface area (Å²) in [5.74, 6) is -1.77. The lowest BCUT2D eigenvalue weighted by molar-refractivity contribution is 0.102. The number of pyridine rings is 1. The molecule has 0 saturated carbocycles. The van der Waals surface area contributed by atoms with Gasteiger partial charge in [-0.3, -0.25) is 4.79 Å². The molecular formula is C17H11F2N5O. The van der Waals surface area contributed by atoms with Crippen molar-refractivity contribution in [3.8, 4) is 5.82 Å². The zero-order chi connectivity index (χ0) is 17.4. The first-order valence-electron chi connectivity index (χ1n) is 7.35. The third-order valence-electron chi connectivity index (χ3n) is 3.72.